The molecule has 0 amide bonds. The third-order valence-corrected chi connectivity index (χ3v) is 5.24. The Kier molecular flexibility index (Phi) is 4.54. The number of hydrogen-bond acceptors (Lipinski definition) is 4. The summed E-state index contributed by atoms with van der Waals surface area (Å²) in [5.41, 5.74) is 1.43. The van der Waals surface area contributed by atoms with Crippen molar-refractivity contribution < 1.29 is 0 Å². The van der Waals surface area contributed by atoms with E-state index in [1.165, 1.54) is 43.1 Å². The first-order chi connectivity index (χ1) is 9.70. The summed E-state index contributed by atoms with van der Waals surface area (Å²) >= 11 is 1.79. The average molecular weight is 291 g/mol. The van der Waals surface area contributed by atoms with Crippen molar-refractivity contribution >= 4 is 11.3 Å². The molecule has 3 aliphatic rings. The van der Waals surface area contributed by atoms with E-state index in [4.69, 9.17) is 0 Å². The number of hydrogen-bond donors (Lipinski definition) is 0. The summed E-state index contributed by atoms with van der Waals surface area (Å²) < 4.78 is 0. The van der Waals surface area contributed by atoms with E-state index in [-0.39, 0.29) is 0 Å². The fourth-order valence-corrected chi connectivity index (χ4v) is 4.11. The molecule has 1 aromatic heterocycles. The maximum atomic E-state index is 4.44. The van der Waals surface area contributed by atoms with Gasteiger partial charge in [0.15, 0.2) is 0 Å². The second kappa shape index (κ2) is 6.37. The van der Waals surface area contributed by atoms with E-state index in [0.717, 1.165) is 25.0 Å². The van der Waals surface area contributed by atoms with Gasteiger partial charge in [-0.05, 0) is 32.6 Å². The van der Waals surface area contributed by atoms with Gasteiger partial charge in [0.05, 0.1) is 6.54 Å². The van der Waals surface area contributed by atoms with Crippen molar-refractivity contribution in [1.29, 1.82) is 0 Å². The lowest BCUT2D eigenvalue weighted by Crippen LogP contribution is -2.43. The quantitative estimate of drug-likeness (QED) is 0.795. The van der Waals surface area contributed by atoms with E-state index < -0.39 is 0 Å². The highest BCUT2D eigenvalue weighted by Gasteiger charge is 2.34. The second-order valence-corrected chi connectivity index (χ2v) is 7.43. The molecule has 0 unspecified atom stereocenters. The van der Waals surface area contributed by atoms with Crippen LogP contribution in [0.3, 0.4) is 0 Å². The summed E-state index contributed by atoms with van der Waals surface area (Å²) in [5.74, 6) is 0.847. The van der Waals surface area contributed by atoms with Crippen LogP contribution in [0.1, 0.15) is 31.7 Å². The molecule has 3 saturated heterocycles. The topological polar surface area (TPSA) is 19.4 Å². The van der Waals surface area contributed by atoms with Gasteiger partial charge in [-0.2, -0.15) is 0 Å². The number of nitrogens with zero attached hydrogens (tertiary/aromatic N) is 3. The molecule has 2 atom stereocenters. The number of allylic oxidation sites excluding steroid dienone is 1. The van der Waals surface area contributed by atoms with Crippen LogP contribution < -0.4 is 0 Å². The molecular weight excluding hydrogens is 266 g/mol. The highest BCUT2D eigenvalue weighted by Crippen LogP contribution is 2.28. The summed E-state index contributed by atoms with van der Waals surface area (Å²) in [6, 6.07) is 0.740. The summed E-state index contributed by atoms with van der Waals surface area (Å²) in [5, 5.41) is 3.35. The van der Waals surface area contributed by atoms with Crippen molar-refractivity contribution in [1.82, 2.24) is 14.8 Å². The van der Waals surface area contributed by atoms with Crippen molar-refractivity contribution in [2.24, 2.45) is 5.92 Å². The van der Waals surface area contributed by atoms with E-state index in [2.05, 4.69) is 40.1 Å². The lowest BCUT2D eigenvalue weighted by molar-refractivity contribution is 0.146. The van der Waals surface area contributed by atoms with Crippen LogP contribution >= 0.6 is 11.3 Å². The van der Waals surface area contributed by atoms with Crippen LogP contribution in [0.15, 0.2) is 23.2 Å². The molecule has 4 heterocycles. The molecule has 0 saturated carbocycles. The van der Waals surface area contributed by atoms with Crippen LogP contribution in [-0.2, 0) is 6.54 Å². The summed E-state index contributed by atoms with van der Waals surface area (Å²) in [7, 11) is 0. The van der Waals surface area contributed by atoms with Crippen LogP contribution in [0.25, 0.3) is 0 Å². The normalized spacial score (nSPS) is 27.5. The number of thiazole rings is 1. The van der Waals surface area contributed by atoms with Gasteiger partial charge in [-0.25, -0.2) is 4.98 Å². The van der Waals surface area contributed by atoms with Crippen molar-refractivity contribution in [3.63, 3.8) is 0 Å². The Morgan fingerprint density at radius 3 is 3.00 bits per heavy atom. The number of piperidine rings is 1. The first-order valence-electron chi connectivity index (χ1n) is 7.69. The van der Waals surface area contributed by atoms with Crippen LogP contribution in [-0.4, -0.2) is 47.0 Å². The largest absolute Gasteiger partial charge is 0.295 e. The van der Waals surface area contributed by atoms with Gasteiger partial charge in [-0.1, -0.05) is 11.6 Å². The van der Waals surface area contributed by atoms with Gasteiger partial charge in [-0.3, -0.25) is 9.80 Å². The fraction of sp³-hybridized carbons (Fsp3) is 0.688. The zero-order valence-electron chi connectivity index (χ0n) is 12.6. The van der Waals surface area contributed by atoms with Crippen LogP contribution in [0.5, 0.6) is 0 Å². The molecule has 3 nitrogen and oxygen atoms in total. The van der Waals surface area contributed by atoms with Gasteiger partial charge in [0.25, 0.3) is 0 Å². The molecule has 3 aliphatic heterocycles. The predicted molar refractivity (Wildman–Crippen MR) is 84.9 cm³/mol. The van der Waals surface area contributed by atoms with Crippen LogP contribution in [0.2, 0.25) is 0 Å². The average Bonchev–Trinajstić information content (AvgIpc) is 2.77. The van der Waals surface area contributed by atoms with Crippen molar-refractivity contribution in [2.75, 3.05) is 26.2 Å². The molecule has 0 N–H and O–H groups in total. The number of aromatic nitrogens is 1. The standard InChI is InChI=1S/C16H25N3S/c1-13(2)5-7-19-10-14-3-4-15(19)11-18(9-14)12-16-17-6-8-20-16/h5-6,8,14-15H,3-4,7,9-12H2,1-2H3/t14-,15+/m0/s1. The van der Waals surface area contributed by atoms with Crippen molar-refractivity contribution in [2.45, 2.75) is 39.3 Å². The Balaban J connectivity index is 1.64. The lowest BCUT2D eigenvalue weighted by Gasteiger charge is -2.35. The maximum Gasteiger partial charge on any atom is 0.107 e. The Labute approximate surface area is 126 Å². The smallest absolute Gasteiger partial charge is 0.107 e. The van der Waals surface area contributed by atoms with Crippen molar-refractivity contribution in [3.05, 3.63) is 28.2 Å². The zero-order chi connectivity index (χ0) is 13.9. The Morgan fingerprint density at radius 2 is 2.25 bits per heavy atom. The summed E-state index contributed by atoms with van der Waals surface area (Å²) in [6.45, 7) is 10.3. The third-order valence-electron chi connectivity index (χ3n) is 4.48. The van der Waals surface area contributed by atoms with E-state index in [1.807, 2.05) is 6.20 Å². The number of fused-ring (bicyclic) bond motifs is 4. The van der Waals surface area contributed by atoms with Gasteiger partial charge >= 0.3 is 0 Å². The van der Waals surface area contributed by atoms with Crippen molar-refractivity contribution in [3.8, 4) is 0 Å². The fourth-order valence-electron chi connectivity index (χ4n) is 3.45. The lowest BCUT2D eigenvalue weighted by atomic mass is 9.95. The van der Waals surface area contributed by atoms with Gasteiger partial charge < -0.3 is 0 Å². The Hall–Kier alpha value is -0.710. The molecule has 0 aliphatic carbocycles. The summed E-state index contributed by atoms with van der Waals surface area (Å²) in [4.78, 5) is 9.77. The van der Waals surface area contributed by atoms with Gasteiger partial charge in [-0.15, -0.1) is 11.3 Å². The highest BCUT2D eigenvalue weighted by molar-refractivity contribution is 7.09. The minimum absolute atomic E-state index is 0.740. The van der Waals surface area contributed by atoms with E-state index in [9.17, 15) is 0 Å². The van der Waals surface area contributed by atoms with Gasteiger partial charge in [0.1, 0.15) is 5.01 Å². The third kappa shape index (κ3) is 3.48. The molecule has 2 bridgehead atoms. The Morgan fingerprint density at radius 1 is 1.35 bits per heavy atom. The first-order valence-corrected chi connectivity index (χ1v) is 8.57. The van der Waals surface area contributed by atoms with Gasteiger partial charge in [0, 0.05) is 43.8 Å². The van der Waals surface area contributed by atoms with Gasteiger partial charge in [0.2, 0.25) is 0 Å². The molecule has 0 spiro atoms. The predicted octanol–water partition coefficient (Wildman–Crippen LogP) is 3.01. The highest BCUT2D eigenvalue weighted by atomic mass is 32.1. The van der Waals surface area contributed by atoms with Crippen LogP contribution in [0.4, 0.5) is 0 Å². The molecule has 0 radical (unpaired) electrons. The first kappa shape index (κ1) is 14.2. The molecule has 1 aromatic rings. The minimum Gasteiger partial charge on any atom is -0.295 e. The monoisotopic (exact) mass is 291 g/mol. The molecule has 4 rings (SSSR count). The molecule has 110 valence electrons. The van der Waals surface area contributed by atoms with E-state index in [1.54, 1.807) is 11.3 Å². The number of rotatable bonds is 4. The molecule has 3 fully saturated rings. The molecular formula is C16H25N3S. The molecule has 20 heavy (non-hydrogen) atoms. The molecule has 4 heteroatoms. The SMILES string of the molecule is CC(C)=CCN1C[C@H]2CC[C@@H]1CN(Cc1nccs1)C2. The van der Waals surface area contributed by atoms with E-state index in [0.29, 0.717) is 0 Å². The second-order valence-electron chi connectivity index (χ2n) is 6.45. The molecule has 0 aromatic carbocycles. The summed E-state index contributed by atoms with van der Waals surface area (Å²) in [6.07, 6.45) is 7.08. The zero-order valence-corrected chi connectivity index (χ0v) is 13.4. The van der Waals surface area contributed by atoms with Crippen LogP contribution in [0, 0.1) is 5.92 Å². The van der Waals surface area contributed by atoms with E-state index >= 15 is 0 Å². The maximum absolute atomic E-state index is 4.44. The Bertz CT molecular complexity index is 450. The minimum atomic E-state index is 0.740.